The average Bonchev–Trinajstić information content (AvgIpc) is 3.53. The van der Waals surface area contributed by atoms with Gasteiger partial charge in [0.25, 0.3) is 5.91 Å². The number of ether oxygens (including phenoxy) is 1. The van der Waals surface area contributed by atoms with E-state index in [1.807, 2.05) is 96.4 Å². The Morgan fingerprint density at radius 3 is 2.39 bits per heavy atom. The van der Waals surface area contributed by atoms with Crippen LogP contribution in [0.2, 0.25) is 0 Å². The molecule has 2 N–H and O–H groups in total. The monoisotopic (exact) mass is 529 g/mol. The Balaban J connectivity index is 1.50. The Morgan fingerprint density at radius 2 is 1.66 bits per heavy atom. The largest absolute Gasteiger partial charge is 0.493 e. The Hall–Kier alpha value is -3.94. The van der Waals surface area contributed by atoms with E-state index in [1.165, 1.54) is 0 Å². The molecule has 4 aromatic rings. The van der Waals surface area contributed by atoms with Crippen LogP contribution >= 0.6 is 11.3 Å². The van der Waals surface area contributed by atoms with E-state index in [2.05, 4.69) is 0 Å². The Labute approximate surface area is 228 Å². The van der Waals surface area contributed by atoms with Crippen molar-refractivity contribution in [1.82, 2.24) is 10.4 Å². The van der Waals surface area contributed by atoms with Crippen LogP contribution in [0.4, 0.5) is 0 Å². The number of benzene rings is 3. The van der Waals surface area contributed by atoms with Crippen molar-refractivity contribution >= 4 is 23.2 Å². The van der Waals surface area contributed by atoms with Gasteiger partial charge in [-0.1, -0.05) is 66.7 Å². The van der Waals surface area contributed by atoms with Crippen LogP contribution < -0.4 is 10.2 Å². The van der Waals surface area contributed by atoms with Crippen molar-refractivity contribution in [3.63, 3.8) is 0 Å². The van der Waals surface area contributed by atoms with Crippen LogP contribution in [0.3, 0.4) is 0 Å². The third kappa shape index (κ3) is 7.78. The molecular weight excluding hydrogens is 496 g/mol. The second-order valence-electron chi connectivity index (χ2n) is 8.83. The maximum atomic E-state index is 13.8. The smallest absolute Gasteiger partial charge is 0.254 e. The molecule has 7 heteroatoms. The molecule has 0 aliphatic carbocycles. The summed E-state index contributed by atoms with van der Waals surface area (Å²) in [6, 6.07) is 28.5. The first-order valence-corrected chi connectivity index (χ1v) is 13.5. The molecule has 0 saturated heterocycles. The molecular formula is C31H32N2O4S. The van der Waals surface area contributed by atoms with Gasteiger partial charge in [0.2, 0.25) is 5.91 Å². The molecule has 1 atom stereocenters. The minimum atomic E-state index is -0.901. The normalized spacial score (nSPS) is 11.9. The molecule has 6 nitrogen and oxygen atoms in total. The lowest BCUT2D eigenvalue weighted by molar-refractivity contribution is -0.129. The lowest BCUT2D eigenvalue weighted by Gasteiger charge is -2.24. The van der Waals surface area contributed by atoms with Crippen LogP contribution in [0.15, 0.2) is 96.4 Å². The van der Waals surface area contributed by atoms with Gasteiger partial charge >= 0.3 is 0 Å². The molecule has 1 unspecified atom stereocenters. The van der Waals surface area contributed by atoms with E-state index in [0.29, 0.717) is 24.3 Å². The number of amides is 2. The lowest BCUT2D eigenvalue weighted by atomic mass is 10.1. The lowest BCUT2D eigenvalue weighted by Crippen LogP contribution is -2.30. The maximum absolute atomic E-state index is 13.8. The quantitative estimate of drug-likeness (QED) is 0.115. The Kier molecular flexibility index (Phi) is 9.55. The number of carbonyl (C=O) groups excluding carboxylic acids is 2. The number of hydrogen-bond acceptors (Lipinski definition) is 5. The summed E-state index contributed by atoms with van der Waals surface area (Å²) in [6.07, 6.45) is 2.45. The van der Waals surface area contributed by atoms with Crippen molar-refractivity contribution in [2.45, 2.75) is 38.7 Å². The third-order valence-corrected chi connectivity index (χ3v) is 6.97. The van der Waals surface area contributed by atoms with E-state index < -0.39 is 12.4 Å². The number of nitrogens with zero attached hydrogens (tertiary/aromatic N) is 1. The van der Waals surface area contributed by atoms with Gasteiger partial charge < -0.3 is 9.64 Å². The SMILES string of the molecule is [2H]C(c1ccccc1)N(Cc1ccccc1OCCCCCC(=O)NO)C(=O)c1ccc(-c2cccs2)cc1. The van der Waals surface area contributed by atoms with Gasteiger partial charge in [0, 0.05) is 35.5 Å². The molecule has 0 spiro atoms. The summed E-state index contributed by atoms with van der Waals surface area (Å²) in [4.78, 5) is 27.7. The van der Waals surface area contributed by atoms with Gasteiger partial charge in [-0.15, -0.1) is 11.3 Å². The molecule has 196 valence electrons. The highest BCUT2D eigenvalue weighted by atomic mass is 32.1. The summed E-state index contributed by atoms with van der Waals surface area (Å²) in [5, 5.41) is 10.6. The van der Waals surface area contributed by atoms with Crippen LogP contribution in [0.1, 0.15) is 48.5 Å². The summed E-state index contributed by atoms with van der Waals surface area (Å²) < 4.78 is 15.1. The summed E-state index contributed by atoms with van der Waals surface area (Å²) in [7, 11) is 0. The highest BCUT2D eigenvalue weighted by Gasteiger charge is 2.19. The van der Waals surface area contributed by atoms with E-state index in [-0.39, 0.29) is 18.9 Å². The molecule has 1 heterocycles. The van der Waals surface area contributed by atoms with E-state index in [9.17, 15) is 9.59 Å². The predicted octanol–water partition coefficient (Wildman–Crippen LogP) is 6.70. The second-order valence-corrected chi connectivity index (χ2v) is 9.78. The van der Waals surface area contributed by atoms with Gasteiger partial charge in [0.1, 0.15) is 5.75 Å². The number of para-hydroxylation sites is 1. The van der Waals surface area contributed by atoms with Gasteiger partial charge in [-0.05, 0) is 60.0 Å². The standard InChI is InChI=1S/C31H32N2O4S/c34-30(32-36)15-5-2-8-20-37-28-13-7-6-12-27(28)23-33(22-24-10-3-1-4-11-24)31(35)26-18-16-25(17-19-26)29-14-9-21-38-29/h1,3-4,6-7,9-14,16-19,21,36H,2,5,8,15,20,22-23H2,(H,32,34)/i22D. The number of rotatable bonds is 13. The van der Waals surface area contributed by atoms with Crippen molar-refractivity contribution in [2.24, 2.45) is 0 Å². The number of carbonyl (C=O) groups is 2. The van der Waals surface area contributed by atoms with Crippen molar-refractivity contribution in [3.05, 3.63) is 113 Å². The second kappa shape index (κ2) is 14.1. The highest BCUT2D eigenvalue weighted by molar-refractivity contribution is 7.13. The molecule has 4 rings (SSSR count). The summed E-state index contributed by atoms with van der Waals surface area (Å²) >= 11 is 1.65. The van der Waals surface area contributed by atoms with E-state index in [1.54, 1.807) is 21.7 Å². The number of nitrogens with one attached hydrogen (secondary N) is 1. The Bertz CT molecular complexity index is 1330. The van der Waals surface area contributed by atoms with Gasteiger partial charge in [0.15, 0.2) is 0 Å². The van der Waals surface area contributed by atoms with Crippen LogP contribution in [-0.2, 0) is 17.9 Å². The summed E-state index contributed by atoms with van der Waals surface area (Å²) in [5.41, 5.74) is 4.76. The van der Waals surface area contributed by atoms with Crippen LogP contribution in [-0.4, -0.2) is 28.5 Å². The molecule has 38 heavy (non-hydrogen) atoms. The van der Waals surface area contributed by atoms with E-state index >= 15 is 0 Å². The van der Waals surface area contributed by atoms with Crippen LogP contribution in [0, 0.1) is 0 Å². The molecule has 0 saturated carbocycles. The fourth-order valence-electron chi connectivity index (χ4n) is 4.04. The van der Waals surface area contributed by atoms with Crippen molar-refractivity contribution < 1.29 is 20.9 Å². The first kappa shape index (κ1) is 25.7. The first-order valence-electron chi connectivity index (χ1n) is 13.2. The zero-order valence-corrected chi connectivity index (χ0v) is 21.9. The van der Waals surface area contributed by atoms with Crippen molar-refractivity contribution in [2.75, 3.05) is 6.61 Å². The number of hydroxylamine groups is 1. The molecule has 3 aromatic carbocycles. The van der Waals surface area contributed by atoms with Gasteiger partial charge in [-0.2, -0.15) is 0 Å². The predicted molar refractivity (Wildman–Crippen MR) is 150 cm³/mol. The first-order chi connectivity index (χ1) is 19.1. The minimum Gasteiger partial charge on any atom is -0.493 e. The van der Waals surface area contributed by atoms with Crippen LogP contribution in [0.25, 0.3) is 10.4 Å². The third-order valence-electron chi connectivity index (χ3n) is 6.05. The van der Waals surface area contributed by atoms with Gasteiger partial charge in [-0.3, -0.25) is 14.8 Å². The molecule has 2 amide bonds. The number of hydrogen-bond donors (Lipinski definition) is 2. The zero-order valence-electron chi connectivity index (χ0n) is 22.1. The van der Waals surface area contributed by atoms with Crippen molar-refractivity contribution in [3.8, 4) is 16.2 Å². The topological polar surface area (TPSA) is 78.9 Å². The van der Waals surface area contributed by atoms with E-state index in [4.69, 9.17) is 11.3 Å². The summed E-state index contributed by atoms with van der Waals surface area (Å²) in [5.74, 6) is 0.0424. The maximum Gasteiger partial charge on any atom is 0.254 e. The fraction of sp³-hybridized carbons (Fsp3) is 0.226. The Morgan fingerprint density at radius 1 is 0.895 bits per heavy atom. The minimum absolute atomic E-state index is 0.210. The summed E-state index contributed by atoms with van der Waals surface area (Å²) in [6.45, 7) is -0.235. The van der Waals surface area contributed by atoms with Crippen LogP contribution in [0.5, 0.6) is 5.75 Å². The molecule has 0 fully saturated rings. The molecule has 0 bridgehead atoms. The molecule has 0 aliphatic rings. The van der Waals surface area contributed by atoms with Gasteiger partial charge in [0.05, 0.1) is 7.98 Å². The molecule has 0 radical (unpaired) electrons. The van der Waals surface area contributed by atoms with Gasteiger partial charge in [-0.25, -0.2) is 5.48 Å². The zero-order chi connectivity index (χ0) is 27.5. The number of unbranched alkanes of at least 4 members (excludes halogenated alkanes) is 2. The van der Waals surface area contributed by atoms with Crippen molar-refractivity contribution in [1.29, 1.82) is 0 Å². The highest BCUT2D eigenvalue weighted by Crippen LogP contribution is 2.26. The molecule has 0 aliphatic heterocycles. The molecule has 1 aromatic heterocycles. The number of thiophene rings is 1. The fourth-order valence-corrected chi connectivity index (χ4v) is 4.78. The average molecular weight is 530 g/mol. The van der Waals surface area contributed by atoms with E-state index in [0.717, 1.165) is 34.4 Å².